The van der Waals surface area contributed by atoms with Crippen LogP contribution in [0.4, 0.5) is 26.3 Å². The van der Waals surface area contributed by atoms with Gasteiger partial charge in [0.2, 0.25) is 10.0 Å². The van der Waals surface area contributed by atoms with E-state index in [0.717, 1.165) is 0 Å². The smallest absolute Gasteiger partial charge is 0.245 e. The van der Waals surface area contributed by atoms with E-state index in [1.54, 1.807) is 6.92 Å². The number of sulfonamides is 1. The summed E-state index contributed by atoms with van der Waals surface area (Å²) in [6.07, 6.45) is -10.3. The minimum Gasteiger partial charge on any atom is -0.245 e. The number of aryl methyl sites for hydroxylation is 1. The van der Waals surface area contributed by atoms with E-state index in [-0.39, 0.29) is 24.7 Å². The van der Waals surface area contributed by atoms with Crippen LogP contribution in [0.25, 0.3) is 0 Å². The Hall–Kier alpha value is -1.66. The largest absolute Gasteiger partial charge is 0.416 e. The van der Waals surface area contributed by atoms with Crippen LogP contribution in [0.3, 0.4) is 0 Å². The van der Waals surface area contributed by atoms with Gasteiger partial charge in [-0.3, -0.25) is 0 Å². The first-order valence-electron chi connectivity index (χ1n) is 6.49. The fraction of sp³-hybridized carbons (Fsp3) is 0.308. The molecule has 25 heavy (non-hydrogen) atoms. The molecule has 0 bridgehead atoms. The van der Waals surface area contributed by atoms with Gasteiger partial charge >= 0.3 is 12.4 Å². The van der Waals surface area contributed by atoms with Crippen molar-refractivity contribution < 1.29 is 34.8 Å². The average molecular weight is 404 g/mol. The highest BCUT2D eigenvalue weighted by Crippen LogP contribution is 2.37. The second-order valence-corrected chi connectivity index (χ2v) is 7.75. The van der Waals surface area contributed by atoms with Crippen LogP contribution in [0, 0.1) is 6.92 Å². The van der Waals surface area contributed by atoms with E-state index in [9.17, 15) is 34.8 Å². The predicted octanol–water partition coefficient (Wildman–Crippen LogP) is 3.97. The molecular formula is C13H10F6N2O2S2. The molecule has 1 N–H and O–H groups in total. The van der Waals surface area contributed by atoms with Gasteiger partial charge in [0, 0.05) is 5.38 Å². The zero-order valence-corrected chi connectivity index (χ0v) is 14.0. The number of hydrogen-bond donors (Lipinski definition) is 1. The van der Waals surface area contributed by atoms with Crippen LogP contribution >= 0.6 is 11.3 Å². The van der Waals surface area contributed by atoms with E-state index in [4.69, 9.17) is 0 Å². The summed E-state index contributed by atoms with van der Waals surface area (Å²) in [7, 11) is -4.60. The van der Waals surface area contributed by atoms with Crippen molar-refractivity contribution in [1.29, 1.82) is 0 Å². The molecule has 1 aromatic heterocycles. The normalized spacial score (nSPS) is 13.2. The molecular weight excluding hydrogens is 394 g/mol. The van der Waals surface area contributed by atoms with Crippen LogP contribution in [-0.2, 0) is 28.9 Å². The highest BCUT2D eigenvalue weighted by atomic mass is 32.2. The summed E-state index contributed by atoms with van der Waals surface area (Å²) in [6, 6.07) is 0.177. The van der Waals surface area contributed by atoms with Gasteiger partial charge in [0.05, 0.1) is 33.3 Å². The third-order valence-electron chi connectivity index (χ3n) is 2.98. The maximum absolute atomic E-state index is 12.8. The first-order valence-corrected chi connectivity index (χ1v) is 8.85. The van der Waals surface area contributed by atoms with Gasteiger partial charge in [-0.05, 0) is 25.1 Å². The zero-order chi connectivity index (χ0) is 19.0. The maximum atomic E-state index is 12.8. The summed E-state index contributed by atoms with van der Waals surface area (Å²) in [5.41, 5.74) is -3.10. The summed E-state index contributed by atoms with van der Waals surface area (Å²) >= 11 is 1.22. The van der Waals surface area contributed by atoms with Crippen molar-refractivity contribution in [1.82, 2.24) is 9.71 Å². The number of aromatic nitrogens is 1. The van der Waals surface area contributed by atoms with Crippen molar-refractivity contribution in [3.8, 4) is 0 Å². The molecule has 0 spiro atoms. The van der Waals surface area contributed by atoms with E-state index in [2.05, 4.69) is 4.98 Å². The number of alkyl halides is 6. The lowest BCUT2D eigenvalue weighted by atomic mass is 10.1. The van der Waals surface area contributed by atoms with Gasteiger partial charge in [-0.2, -0.15) is 26.3 Å². The van der Waals surface area contributed by atoms with Crippen LogP contribution in [0.5, 0.6) is 0 Å². The number of halogens is 6. The first-order chi connectivity index (χ1) is 11.3. The number of benzene rings is 1. The topological polar surface area (TPSA) is 59.1 Å². The van der Waals surface area contributed by atoms with Crippen molar-refractivity contribution in [2.75, 3.05) is 0 Å². The molecule has 2 rings (SSSR count). The summed E-state index contributed by atoms with van der Waals surface area (Å²) in [5.74, 6) is 0. The van der Waals surface area contributed by atoms with Gasteiger partial charge in [-0.1, -0.05) is 0 Å². The van der Waals surface area contributed by atoms with Gasteiger partial charge < -0.3 is 0 Å². The monoisotopic (exact) mass is 404 g/mol. The van der Waals surface area contributed by atoms with Crippen LogP contribution in [-0.4, -0.2) is 13.4 Å². The lowest BCUT2D eigenvalue weighted by Crippen LogP contribution is -2.24. The van der Waals surface area contributed by atoms with Gasteiger partial charge in [-0.25, -0.2) is 18.1 Å². The fourth-order valence-corrected chi connectivity index (χ4v) is 3.50. The van der Waals surface area contributed by atoms with E-state index >= 15 is 0 Å². The minimum atomic E-state index is -5.13. The number of rotatable bonds is 4. The lowest BCUT2D eigenvalue weighted by Gasteiger charge is -2.14. The number of nitrogens with one attached hydrogen (secondary N) is 1. The number of hydrogen-bond acceptors (Lipinski definition) is 4. The Kier molecular flexibility index (Phi) is 5.17. The van der Waals surface area contributed by atoms with Gasteiger partial charge in [-0.15, -0.1) is 11.3 Å². The molecule has 12 heteroatoms. The molecule has 4 nitrogen and oxygen atoms in total. The Bertz CT molecular complexity index is 839. The Labute approximate surface area is 142 Å². The third-order valence-corrected chi connectivity index (χ3v) is 5.18. The van der Waals surface area contributed by atoms with Gasteiger partial charge in [0.1, 0.15) is 0 Å². The summed E-state index contributed by atoms with van der Waals surface area (Å²) in [5, 5.41) is 2.15. The molecule has 0 aliphatic heterocycles. The Morgan fingerprint density at radius 3 is 1.96 bits per heavy atom. The minimum absolute atomic E-state index is 0.136. The molecule has 0 saturated carbocycles. The van der Waals surface area contributed by atoms with Crippen LogP contribution in [0.15, 0.2) is 28.5 Å². The number of thiazole rings is 1. The second-order valence-electron chi connectivity index (χ2n) is 4.92. The van der Waals surface area contributed by atoms with E-state index in [1.807, 2.05) is 4.72 Å². The molecule has 0 amide bonds. The Morgan fingerprint density at radius 1 is 1.04 bits per heavy atom. The molecule has 0 atom stereocenters. The van der Waals surface area contributed by atoms with Gasteiger partial charge in [0.25, 0.3) is 0 Å². The van der Waals surface area contributed by atoms with Crippen LogP contribution in [0.1, 0.15) is 21.8 Å². The third kappa shape index (κ3) is 4.92. The predicted molar refractivity (Wildman–Crippen MR) is 77.3 cm³/mol. The summed E-state index contributed by atoms with van der Waals surface area (Å²) < 4.78 is 103. The van der Waals surface area contributed by atoms with Crippen LogP contribution in [0.2, 0.25) is 0 Å². The highest BCUT2D eigenvalue weighted by Gasteiger charge is 2.38. The Balaban J connectivity index is 2.41. The molecule has 138 valence electrons. The fourth-order valence-electron chi connectivity index (χ4n) is 1.82. The maximum Gasteiger partial charge on any atom is 0.416 e. The molecule has 1 aromatic carbocycles. The molecule has 1 heterocycles. The molecule has 0 aliphatic rings. The Morgan fingerprint density at radius 2 is 1.56 bits per heavy atom. The van der Waals surface area contributed by atoms with Crippen molar-refractivity contribution in [3.63, 3.8) is 0 Å². The van der Waals surface area contributed by atoms with Crippen molar-refractivity contribution in [2.24, 2.45) is 0 Å². The van der Waals surface area contributed by atoms with E-state index < -0.39 is 38.4 Å². The van der Waals surface area contributed by atoms with Gasteiger partial charge in [0.15, 0.2) is 0 Å². The summed E-state index contributed by atoms with van der Waals surface area (Å²) in [4.78, 5) is 2.83. The molecule has 0 saturated heterocycles. The molecule has 0 unspecified atom stereocenters. The van der Waals surface area contributed by atoms with Crippen molar-refractivity contribution in [3.05, 3.63) is 45.4 Å². The van der Waals surface area contributed by atoms with E-state index in [1.165, 1.54) is 16.7 Å². The van der Waals surface area contributed by atoms with Crippen LogP contribution < -0.4 is 4.72 Å². The highest BCUT2D eigenvalue weighted by molar-refractivity contribution is 7.89. The quantitative estimate of drug-likeness (QED) is 0.785. The SMILES string of the molecule is Cc1nc(CNS(=O)(=O)c2cc(C(F)(F)F)cc(C(F)(F)F)c2)cs1. The molecule has 0 radical (unpaired) electrons. The average Bonchev–Trinajstić information content (AvgIpc) is 2.89. The zero-order valence-electron chi connectivity index (χ0n) is 12.4. The van der Waals surface area contributed by atoms with Crippen molar-refractivity contribution in [2.45, 2.75) is 30.7 Å². The summed E-state index contributed by atoms with van der Waals surface area (Å²) in [6.45, 7) is 1.30. The molecule has 0 aliphatic carbocycles. The standard InChI is InChI=1S/C13H10F6N2O2S2/c1-7-21-10(6-24-7)5-20-25(22,23)11-3-8(12(14,15)16)2-9(4-11)13(17,18)19/h2-4,6,20H,5H2,1H3. The molecule has 2 aromatic rings. The molecule has 0 fully saturated rings. The number of nitrogens with zero attached hydrogens (tertiary/aromatic N) is 1. The second kappa shape index (κ2) is 6.57. The van der Waals surface area contributed by atoms with Crippen molar-refractivity contribution >= 4 is 21.4 Å². The lowest BCUT2D eigenvalue weighted by molar-refractivity contribution is -0.143. The van der Waals surface area contributed by atoms with E-state index in [0.29, 0.717) is 10.7 Å². The first kappa shape index (κ1) is 19.7.